The predicted octanol–water partition coefficient (Wildman–Crippen LogP) is 2.61. The van der Waals surface area contributed by atoms with E-state index in [2.05, 4.69) is 25.1 Å². The van der Waals surface area contributed by atoms with Crippen molar-refractivity contribution in [1.29, 1.82) is 0 Å². The summed E-state index contributed by atoms with van der Waals surface area (Å²) in [6, 6.07) is 2.18. The van der Waals surface area contributed by atoms with Crippen LogP contribution < -0.4 is 10.2 Å². The number of halogens is 3. The molecule has 1 aliphatic rings. The lowest BCUT2D eigenvalue weighted by Crippen LogP contribution is -2.37. The van der Waals surface area contributed by atoms with Crippen LogP contribution >= 0.6 is 0 Å². The largest absolute Gasteiger partial charge is 0.465 e. The SMILES string of the molecule is COC(=O)Nc1cc(C(F)(F)F)c(-c2nc(N3CCOCC3)c3cc(C(=O)OC)cn3n2)cn1. The van der Waals surface area contributed by atoms with Gasteiger partial charge in [0.05, 0.1) is 44.1 Å². The number of methoxy groups -OCH3 is 2. The van der Waals surface area contributed by atoms with Gasteiger partial charge in [-0.25, -0.2) is 24.1 Å². The van der Waals surface area contributed by atoms with Crippen molar-refractivity contribution in [2.45, 2.75) is 6.18 Å². The lowest BCUT2D eigenvalue weighted by Gasteiger charge is -2.28. The number of carbonyl (C=O) groups is 2. The molecule has 34 heavy (non-hydrogen) atoms. The van der Waals surface area contributed by atoms with E-state index in [0.717, 1.165) is 13.3 Å². The highest BCUT2D eigenvalue weighted by molar-refractivity contribution is 5.92. The number of esters is 1. The third kappa shape index (κ3) is 4.57. The molecule has 1 amide bonds. The molecule has 14 heteroatoms. The van der Waals surface area contributed by atoms with Gasteiger partial charge in [-0.3, -0.25) is 5.32 Å². The molecule has 11 nitrogen and oxygen atoms in total. The molecule has 3 aromatic heterocycles. The topological polar surface area (TPSA) is 120 Å². The van der Waals surface area contributed by atoms with E-state index in [9.17, 15) is 22.8 Å². The van der Waals surface area contributed by atoms with Crippen molar-refractivity contribution < 1.29 is 37.0 Å². The van der Waals surface area contributed by atoms with Gasteiger partial charge in [0.25, 0.3) is 0 Å². The van der Waals surface area contributed by atoms with E-state index in [1.54, 1.807) is 0 Å². The van der Waals surface area contributed by atoms with Gasteiger partial charge in [-0.2, -0.15) is 13.2 Å². The van der Waals surface area contributed by atoms with Crippen molar-refractivity contribution in [2.24, 2.45) is 0 Å². The summed E-state index contributed by atoms with van der Waals surface area (Å²) in [7, 11) is 2.29. The van der Waals surface area contributed by atoms with Crippen molar-refractivity contribution in [3.05, 3.63) is 35.7 Å². The molecule has 180 valence electrons. The summed E-state index contributed by atoms with van der Waals surface area (Å²) in [5.74, 6) is -0.930. The number of fused-ring (bicyclic) bond motifs is 1. The number of aromatic nitrogens is 4. The zero-order valence-corrected chi connectivity index (χ0v) is 18.0. The molecule has 1 saturated heterocycles. The van der Waals surface area contributed by atoms with Crippen LogP contribution in [0.2, 0.25) is 0 Å². The Morgan fingerprint density at radius 1 is 1.15 bits per heavy atom. The summed E-state index contributed by atoms with van der Waals surface area (Å²) < 4.78 is 57.6. The average molecular weight is 480 g/mol. The van der Waals surface area contributed by atoms with Gasteiger partial charge in [0.15, 0.2) is 11.6 Å². The minimum Gasteiger partial charge on any atom is -0.465 e. The number of nitrogens with zero attached hydrogens (tertiary/aromatic N) is 5. The number of alkyl halides is 3. The van der Waals surface area contributed by atoms with Crippen LogP contribution in [0.4, 0.5) is 29.6 Å². The number of pyridine rings is 1. The third-order valence-electron chi connectivity index (χ3n) is 5.04. The fourth-order valence-electron chi connectivity index (χ4n) is 3.43. The molecule has 0 spiro atoms. The maximum Gasteiger partial charge on any atom is 0.417 e. The number of hydrogen-bond acceptors (Lipinski definition) is 9. The molecule has 4 heterocycles. The van der Waals surface area contributed by atoms with Crippen LogP contribution in [0, 0.1) is 0 Å². The maximum atomic E-state index is 13.9. The lowest BCUT2D eigenvalue weighted by molar-refractivity contribution is -0.137. The normalized spacial score (nSPS) is 14.2. The lowest BCUT2D eigenvalue weighted by atomic mass is 10.1. The van der Waals surface area contributed by atoms with E-state index in [1.165, 1.54) is 23.9 Å². The monoisotopic (exact) mass is 480 g/mol. The van der Waals surface area contributed by atoms with Gasteiger partial charge in [0.2, 0.25) is 0 Å². The standard InChI is InChI=1S/C20H19F3N6O5/c1-32-18(30)11-7-14-17(28-3-5-34-6-4-28)26-16(27-29(14)10-11)12-9-24-15(25-19(31)33-2)8-13(12)20(21,22)23/h7-10H,3-6H2,1-2H3,(H,24,25,31). The van der Waals surface area contributed by atoms with Gasteiger partial charge in [0.1, 0.15) is 11.3 Å². The van der Waals surface area contributed by atoms with E-state index in [-0.39, 0.29) is 17.2 Å². The number of morpholine rings is 1. The van der Waals surface area contributed by atoms with Crippen molar-refractivity contribution >= 4 is 29.2 Å². The zero-order chi connectivity index (χ0) is 24.5. The summed E-state index contributed by atoms with van der Waals surface area (Å²) in [6.07, 6.45) is -3.51. The van der Waals surface area contributed by atoms with Crippen molar-refractivity contribution in [2.75, 3.05) is 50.7 Å². The summed E-state index contributed by atoms with van der Waals surface area (Å²) in [5, 5.41) is 6.31. The molecule has 0 saturated carbocycles. The number of ether oxygens (including phenoxy) is 3. The Morgan fingerprint density at radius 2 is 1.88 bits per heavy atom. The summed E-state index contributed by atoms with van der Waals surface area (Å²) in [6.45, 7) is 1.69. The number of amides is 1. The number of anilines is 2. The summed E-state index contributed by atoms with van der Waals surface area (Å²) in [4.78, 5) is 33.6. The van der Waals surface area contributed by atoms with E-state index < -0.39 is 29.4 Å². The van der Waals surface area contributed by atoms with Gasteiger partial charge in [0, 0.05) is 25.5 Å². The smallest absolute Gasteiger partial charge is 0.417 e. The fourth-order valence-corrected chi connectivity index (χ4v) is 3.43. The van der Waals surface area contributed by atoms with E-state index in [0.29, 0.717) is 43.7 Å². The number of nitrogens with one attached hydrogen (secondary N) is 1. The molecule has 0 atom stereocenters. The van der Waals surface area contributed by atoms with Crippen LogP contribution in [0.15, 0.2) is 24.5 Å². The van der Waals surface area contributed by atoms with Crippen LogP contribution in [0.3, 0.4) is 0 Å². The van der Waals surface area contributed by atoms with Crippen molar-refractivity contribution in [3.63, 3.8) is 0 Å². The Morgan fingerprint density at radius 3 is 2.53 bits per heavy atom. The molecule has 1 aliphatic heterocycles. The first-order chi connectivity index (χ1) is 16.2. The Kier molecular flexibility index (Phi) is 6.24. The van der Waals surface area contributed by atoms with Gasteiger partial charge in [-0.15, -0.1) is 5.10 Å². The highest BCUT2D eigenvalue weighted by Crippen LogP contribution is 2.37. The Hall–Kier alpha value is -3.94. The number of rotatable bonds is 4. The van der Waals surface area contributed by atoms with Crippen LogP contribution in [0.25, 0.3) is 16.9 Å². The zero-order valence-electron chi connectivity index (χ0n) is 18.0. The average Bonchev–Trinajstić information content (AvgIpc) is 3.27. The third-order valence-corrected chi connectivity index (χ3v) is 5.04. The molecule has 4 rings (SSSR count). The molecule has 0 aromatic carbocycles. The van der Waals surface area contributed by atoms with Crippen LogP contribution in [-0.4, -0.2) is 72.2 Å². The van der Waals surface area contributed by atoms with Crippen LogP contribution in [0.1, 0.15) is 15.9 Å². The molecule has 0 unspecified atom stereocenters. The molecular formula is C20H19F3N6O5. The fraction of sp³-hybridized carbons (Fsp3) is 0.350. The van der Waals surface area contributed by atoms with Crippen LogP contribution in [0.5, 0.6) is 0 Å². The molecule has 0 bridgehead atoms. The second kappa shape index (κ2) is 9.13. The van der Waals surface area contributed by atoms with Crippen molar-refractivity contribution in [3.8, 4) is 11.4 Å². The van der Waals surface area contributed by atoms with E-state index in [4.69, 9.17) is 9.47 Å². The molecular weight excluding hydrogens is 461 g/mol. The Balaban J connectivity index is 1.89. The summed E-state index contributed by atoms with van der Waals surface area (Å²) >= 11 is 0. The first kappa shape index (κ1) is 23.2. The minimum atomic E-state index is -4.81. The first-order valence-corrected chi connectivity index (χ1v) is 9.95. The van der Waals surface area contributed by atoms with Gasteiger partial charge in [-0.05, 0) is 12.1 Å². The van der Waals surface area contributed by atoms with E-state index >= 15 is 0 Å². The quantitative estimate of drug-likeness (QED) is 0.562. The second-order valence-electron chi connectivity index (χ2n) is 7.14. The Labute approximate surface area is 190 Å². The first-order valence-electron chi connectivity index (χ1n) is 9.95. The molecule has 0 aliphatic carbocycles. The second-order valence-corrected chi connectivity index (χ2v) is 7.14. The molecule has 3 aromatic rings. The van der Waals surface area contributed by atoms with Gasteiger partial charge >= 0.3 is 18.2 Å². The molecule has 1 fully saturated rings. The Bertz CT molecular complexity index is 1240. The number of carbonyl (C=O) groups excluding carboxylic acids is 2. The molecule has 0 radical (unpaired) electrons. The predicted molar refractivity (Wildman–Crippen MR) is 112 cm³/mol. The number of hydrogen-bond donors (Lipinski definition) is 1. The van der Waals surface area contributed by atoms with Gasteiger partial charge < -0.3 is 19.1 Å². The van der Waals surface area contributed by atoms with Gasteiger partial charge in [-0.1, -0.05) is 0 Å². The summed E-state index contributed by atoms with van der Waals surface area (Å²) in [5.41, 5.74) is -0.944. The van der Waals surface area contributed by atoms with Crippen LogP contribution in [-0.2, 0) is 20.4 Å². The highest BCUT2D eigenvalue weighted by Gasteiger charge is 2.36. The van der Waals surface area contributed by atoms with Crippen molar-refractivity contribution in [1.82, 2.24) is 19.6 Å². The maximum absolute atomic E-state index is 13.9. The molecule has 1 N–H and O–H groups in total. The highest BCUT2D eigenvalue weighted by atomic mass is 19.4. The van der Waals surface area contributed by atoms with E-state index in [1.807, 2.05) is 4.90 Å². The minimum absolute atomic E-state index is 0.162.